The maximum absolute atomic E-state index is 9.27. The van der Waals surface area contributed by atoms with Crippen LogP contribution in [0, 0.1) is 0 Å². The second kappa shape index (κ2) is 3.49. The van der Waals surface area contributed by atoms with Gasteiger partial charge in [0, 0.05) is 6.20 Å². The number of hydrogen-bond acceptors (Lipinski definition) is 2. The van der Waals surface area contributed by atoms with Crippen LogP contribution in [0.4, 0.5) is 0 Å². The minimum atomic E-state index is -0.453. The lowest BCUT2D eigenvalue weighted by Crippen LogP contribution is -1.99. The molecule has 1 N–H and O–H groups in total. The summed E-state index contributed by atoms with van der Waals surface area (Å²) in [5.74, 6) is 0. The van der Waals surface area contributed by atoms with E-state index in [2.05, 4.69) is 11.9 Å². The Labute approximate surface area is 66.9 Å². The lowest BCUT2D eigenvalue weighted by atomic mass is 10.1. The highest BCUT2D eigenvalue weighted by Crippen LogP contribution is 2.14. The minimum absolute atomic E-state index is 0.453. The summed E-state index contributed by atoms with van der Waals surface area (Å²) >= 11 is 0. The SMILES string of the molecule is CCc1cccnc1[C@@H](C)O. The molecule has 0 radical (unpaired) electrons. The van der Waals surface area contributed by atoms with Gasteiger partial charge in [-0.15, -0.1) is 0 Å². The first kappa shape index (κ1) is 8.21. The van der Waals surface area contributed by atoms with Crippen LogP contribution >= 0.6 is 0 Å². The van der Waals surface area contributed by atoms with Crippen LogP contribution in [0.1, 0.15) is 31.2 Å². The number of rotatable bonds is 2. The molecular formula is C9H13NO. The van der Waals surface area contributed by atoms with Gasteiger partial charge in [-0.05, 0) is 25.0 Å². The van der Waals surface area contributed by atoms with E-state index in [4.69, 9.17) is 0 Å². The summed E-state index contributed by atoms with van der Waals surface area (Å²) in [6, 6.07) is 3.89. The average molecular weight is 151 g/mol. The van der Waals surface area contributed by atoms with Gasteiger partial charge in [0.15, 0.2) is 0 Å². The van der Waals surface area contributed by atoms with Crippen molar-refractivity contribution in [3.05, 3.63) is 29.6 Å². The third kappa shape index (κ3) is 1.77. The van der Waals surface area contributed by atoms with E-state index < -0.39 is 6.10 Å². The highest BCUT2D eigenvalue weighted by Gasteiger charge is 2.05. The summed E-state index contributed by atoms with van der Waals surface area (Å²) in [6.07, 6.45) is 2.18. The van der Waals surface area contributed by atoms with Crippen molar-refractivity contribution in [3.63, 3.8) is 0 Å². The Hall–Kier alpha value is -0.890. The lowest BCUT2D eigenvalue weighted by molar-refractivity contribution is 0.193. The highest BCUT2D eigenvalue weighted by molar-refractivity contribution is 5.20. The Morgan fingerprint density at radius 3 is 2.82 bits per heavy atom. The van der Waals surface area contributed by atoms with Crippen molar-refractivity contribution >= 4 is 0 Å². The number of aryl methyl sites for hydroxylation is 1. The molecule has 0 saturated heterocycles. The second-order valence-electron chi connectivity index (χ2n) is 2.58. The number of pyridine rings is 1. The maximum atomic E-state index is 9.27. The first-order valence-electron chi connectivity index (χ1n) is 3.87. The van der Waals surface area contributed by atoms with E-state index in [9.17, 15) is 5.11 Å². The van der Waals surface area contributed by atoms with Gasteiger partial charge in [0.25, 0.3) is 0 Å². The Balaban J connectivity index is 3.02. The second-order valence-corrected chi connectivity index (χ2v) is 2.58. The van der Waals surface area contributed by atoms with Gasteiger partial charge in [0.1, 0.15) is 0 Å². The van der Waals surface area contributed by atoms with Crippen molar-refractivity contribution in [2.24, 2.45) is 0 Å². The molecule has 2 nitrogen and oxygen atoms in total. The van der Waals surface area contributed by atoms with E-state index in [0.29, 0.717) is 0 Å². The minimum Gasteiger partial charge on any atom is -0.387 e. The summed E-state index contributed by atoms with van der Waals surface area (Å²) in [5, 5.41) is 9.27. The van der Waals surface area contributed by atoms with Crippen molar-refractivity contribution in [2.45, 2.75) is 26.4 Å². The average Bonchev–Trinajstić information content (AvgIpc) is 2.04. The normalized spacial score (nSPS) is 13.0. The molecule has 0 aromatic carbocycles. The molecule has 1 aromatic rings. The molecule has 1 heterocycles. The zero-order valence-corrected chi connectivity index (χ0v) is 6.91. The van der Waals surface area contributed by atoms with Crippen molar-refractivity contribution in [1.82, 2.24) is 4.98 Å². The predicted octanol–water partition coefficient (Wildman–Crippen LogP) is 1.70. The van der Waals surface area contributed by atoms with Crippen LogP contribution in [0.5, 0.6) is 0 Å². The summed E-state index contributed by atoms with van der Waals surface area (Å²) in [6.45, 7) is 3.80. The molecule has 0 bridgehead atoms. The van der Waals surface area contributed by atoms with Gasteiger partial charge in [-0.2, -0.15) is 0 Å². The first-order valence-corrected chi connectivity index (χ1v) is 3.87. The smallest absolute Gasteiger partial charge is 0.0934 e. The van der Waals surface area contributed by atoms with Crippen LogP contribution in [-0.4, -0.2) is 10.1 Å². The zero-order chi connectivity index (χ0) is 8.27. The summed E-state index contributed by atoms with van der Waals surface area (Å²) < 4.78 is 0. The van der Waals surface area contributed by atoms with E-state index in [-0.39, 0.29) is 0 Å². The molecule has 1 atom stereocenters. The largest absolute Gasteiger partial charge is 0.387 e. The standard InChI is InChI=1S/C9H13NO/c1-3-8-5-4-6-10-9(8)7(2)11/h4-7,11H,3H2,1-2H3/t7-/m1/s1. The van der Waals surface area contributed by atoms with E-state index in [0.717, 1.165) is 17.7 Å². The zero-order valence-electron chi connectivity index (χ0n) is 6.91. The van der Waals surface area contributed by atoms with Crippen LogP contribution in [0.25, 0.3) is 0 Å². The molecule has 0 fully saturated rings. The van der Waals surface area contributed by atoms with Crippen LogP contribution < -0.4 is 0 Å². The Kier molecular flexibility index (Phi) is 2.60. The van der Waals surface area contributed by atoms with Crippen molar-refractivity contribution in [1.29, 1.82) is 0 Å². The Bertz CT molecular complexity index is 233. The molecule has 1 rings (SSSR count). The third-order valence-corrected chi connectivity index (χ3v) is 1.70. The molecule has 0 amide bonds. The molecule has 11 heavy (non-hydrogen) atoms. The quantitative estimate of drug-likeness (QED) is 0.697. The third-order valence-electron chi connectivity index (χ3n) is 1.70. The van der Waals surface area contributed by atoms with E-state index in [1.54, 1.807) is 13.1 Å². The maximum Gasteiger partial charge on any atom is 0.0934 e. The molecule has 0 aliphatic heterocycles. The monoisotopic (exact) mass is 151 g/mol. The molecular weight excluding hydrogens is 138 g/mol. The predicted molar refractivity (Wildman–Crippen MR) is 44.2 cm³/mol. The van der Waals surface area contributed by atoms with Gasteiger partial charge < -0.3 is 5.11 Å². The fraction of sp³-hybridized carbons (Fsp3) is 0.444. The number of aliphatic hydroxyl groups excluding tert-OH is 1. The van der Waals surface area contributed by atoms with E-state index in [1.165, 1.54) is 0 Å². The molecule has 0 saturated carbocycles. The van der Waals surface area contributed by atoms with E-state index in [1.807, 2.05) is 12.1 Å². The fourth-order valence-corrected chi connectivity index (χ4v) is 1.13. The van der Waals surface area contributed by atoms with Gasteiger partial charge in [0.2, 0.25) is 0 Å². The Morgan fingerprint density at radius 2 is 2.36 bits per heavy atom. The number of nitrogens with zero attached hydrogens (tertiary/aromatic N) is 1. The lowest BCUT2D eigenvalue weighted by Gasteiger charge is -2.07. The highest BCUT2D eigenvalue weighted by atomic mass is 16.3. The van der Waals surface area contributed by atoms with E-state index >= 15 is 0 Å². The first-order chi connectivity index (χ1) is 5.25. The van der Waals surface area contributed by atoms with Crippen molar-refractivity contribution in [3.8, 4) is 0 Å². The van der Waals surface area contributed by atoms with Gasteiger partial charge in [-0.25, -0.2) is 0 Å². The molecule has 60 valence electrons. The van der Waals surface area contributed by atoms with Gasteiger partial charge in [0.05, 0.1) is 11.8 Å². The number of aliphatic hydroxyl groups is 1. The van der Waals surface area contributed by atoms with Crippen LogP contribution in [0.15, 0.2) is 18.3 Å². The molecule has 1 aromatic heterocycles. The molecule has 2 heteroatoms. The number of hydrogen-bond donors (Lipinski definition) is 1. The molecule has 0 aliphatic carbocycles. The Morgan fingerprint density at radius 1 is 1.64 bits per heavy atom. The summed E-state index contributed by atoms with van der Waals surface area (Å²) in [4.78, 5) is 4.10. The van der Waals surface area contributed by atoms with Crippen LogP contribution in [-0.2, 0) is 6.42 Å². The van der Waals surface area contributed by atoms with Crippen LogP contribution in [0.3, 0.4) is 0 Å². The molecule has 0 spiro atoms. The topological polar surface area (TPSA) is 33.1 Å². The summed E-state index contributed by atoms with van der Waals surface area (Å²) in [7, 11) is 0. The fourth-order valence-electron chi connectivity index (χ4n) is 1.13. The van der Waals surface area contributed by atoms with Crippen LogP contribution in [0.2, 0.25) is 0 Å². The van der Waals surface area contributed by atoms with Crippen molar-refractivity contribution in [2.75, 3.05) is 0 Å². The van der Waals surface area contributed by atoms with Crippen molar-refractivity contribution < 1.29 is 5.11 Å². The number of aromatic nitrogens is 1. The molecule has 0 unspecified atom stereocenters. The van der Waals surface area contributed by atoms with Gasteiger partial charge in [-0.3, -0.25) is 4.98 Å². The van der Waals surface area contributed by atoms with Gasteiger partial charge >= 0.3 is 0 Å². The summed E-state index contributed by atoms with van der Waals surface area (Å²) in [5.41, 5.74) is 1.93. The van der Waals surface area contributed by atoms with Gasteiger partial charge in [-0.1, -0.05) is 13.0 Å². The molecule has 0 aliphatic rings.